The molecule has 0 atom stereocenters. The van der Waals surface area contributed by atoms with E-state index in [1.165, 1.54) is 167 Å². The summed E-state index contributed by atoms with van der Waals surface area (Å²) in [5.41, 5.74) is 0. The van der Waals surface area contributed by atoms with Crippen LogP contribution in [0.1, 0.15) is 221 Å². The Bertz CT molecular complexity index is 673. The van der Waals surface area contributed by atoms with Gasteiger partial charge in [0.1, 0.15) is 0 Å². The number of aliphatic hydroxyl groups excluding tert-OH is 1. The van der Waals surface area contributed by atoms with E-state index in [1.807, 2.05) is 0 Å². The zero-order valence-electron chi connectivity index (χ0n) is 32.2. The van der Waals surface area contributed by atoms with Gasteiger partial charge in [0.2, 0.25) is 5.76 Å². The number of hydrogen-bond donors (Lipinski definition) is 1. The molecule has 5 nitrogen and oxygen atoms in total. The van der Waals surface area contributed by atoms with Gasteiger partial charge in [-0.2, -0.15) is 0 Å². The summed E-state index contributed by atoms with van der Waals surface area (Å²) in [5, 5.41) is 9.85. The maximum absolute atomic E-state index is 11.9. The maximum Gasteiger partial charge on any atom is 1.00 e. The Kier molecular flexibility index (Phi) is 42.1. The van der Waals surface area contributed by atoms with Crippen molar-refractivity contribution in [3.05, 3.63) is 11.8 Å². The molecule has 0 aliphatic heterocycles. The molecule has 0 aliphatic rings. The maximum atomic E-state index is 11.9. The molecule has 0 rings (SSSR count). The van der Waals surface area contributed by atoms with Crippen molar-refractivity contribution >= 4 is 11.9 Å². The van der Waals surface area contributed by atoms with Crippen molar-refractivity contribution in [2.24, 2.45) is 0 Å². The summed E-state index contributed by atoms with van der Waals surface area (Å²) in [6.07, 6.45) is 42.2. The molecule has 0 aromatic carbocycles. The predicted molar refractivity (Wildman–Crippen MR) is 193 cm³/mol. The normalized spacial score (nSPS) is 11.4. The van der Waals surface area contributed by atoms with Crippen LogP contribution in [0.25, 0.3) is 0 Å². The molecule has 268 valence electrons. The van der Waals surface area contributed by atoms with Gasteiger partial charge in [-0.25, -0.2) is 9.59 Å². The van der Waals surface area contributed by atoms with E-state index in [4.69, 9.17) is 9.47 Å². The fraction of sp³-hybridized carbons (Fsp3) is 0.900. The van der Waals surface area contributed by atoms with Crippen LogP contribution in [0.5, 0.6) is 0 Å². The van der Waals surface area contributed by atoms with E-state index in [0.29, 0.717) is 6.61 Å². The van der Waals surface area contributed by atoms with Crippen molar-refractivity contribution in [2.45, 2.75) is 219 Å². The number of carbonyl (C=O) groups is 2. The second-order valence-electron chi connectivity index (χ2n) is 13.4. The minimum Gasteiger partial charge on any atom is -1.00 e. The fourth-order valence-electron chi connectivity index (χ4n) is 5.92. The monoisotopic (exact) mass is 661 g/mol. The van der Waals surface area contributed by atoms with Crippen molar-refractivity contribution in [2.75, 3.05) is 13.2 Å². The fourth-order valence-corrected chi connectivity index (χ4v) is 5.92. The van der Waals surface area contributed by atoms with Crippen molar-refractivity contribution in [3.63, 3.8) is 0 Å². The molecule has 0 heterocycles. The summed E-state index contributed by atoms with van der Waals surface area (Å²) in [6, 6.07) is 0. The molecule has 0 fully saturated rings. The van der Waals surface area contributed by atoms with Gasteiger partial charge in [-0.15, -0.1) is 0 Å². The van der Waals surface area contributed by atoms with E-state index in [-0.39, 0.29) is 37.6 Å². The number of hydrogen-bond acceptors (Lipinski definition) is 5. The van der Waals surface area contributed by atoms with Crippen LogP contribution in [0, 0.1) is 0 Å². The van der Waals surface area contributed by atoms with E-state index in [2.05, 4.69) is 13.8 Å². The summed E-state index contributed by atoms with van der Waals surface area (Å²) >= 11 is 0. The molecule has 0 amide bonds. The molecule has 0 aliphatic carbocycles. The van der Waals surface area contributed by atoms with Crippen molar-refractivity contribution < 1.29 is 55.2 Å². The van der Waals surface area contributed by atoms with Crippen molar-refractivity contribution in [3.8, 4) is 0 Å². The van der Waals surface area contributed by atoms with Gasteiger partial charge in [-0.05, 0) is 12.8 Å². The summed E-state index contributed by atoms with van der Waals surface area (Å²) in [6.45, 7) is 5.12. The number of aliphatic hydroxyl groups is 1. The second kappa shape index (κ2) is 40.7. The second-order valence-corrected chi connectivity index (χ2v) is 13.4. The third kappa shape index (κ3) is 37.9. The quantitative estimate of drug-likeness (QED) is 0.0238. The standard InChI is InChI=1S/C40H76O5.Na.H/c1-3-5-7-9-11-13-15-17-19-21-23-25-27-29-31-33-35-44-39(42)37-38(41)40(43)45-36-34-32-30-28-26-24-22-20-18-16-14-12-10-8-6-4-2;;/h37,41H,3-36H2,1-2H3;;/q;+1;-1/b38-37-;;. The van der Waals surface area contributed by atoms with E-state index >= 15 is 0 Å². The molecule has 46 heavy (non-hydrogen) atoms. The van der Waals surface area contributed by atoms with E-state index in [9.17, 15) is 14.7 Å². The first-order valence-corrected chi connectivity index (χ1v) is 19.9. The number of ether oxygens (including phenoxy) is 2. The van der Waals surface area contributed by atoms with Crippen LogP contribution in [-0.2, 0) is 19.1 Å². The molecule has 6 heteroatoms. The van der Waals surface area contributed by atoms with Gasteiger partial charge in [-0.3, -0.25) is 0 Å². The molecule has 0 aromatic rings. The first kappa shape index (κ1) is 47.6. The Labute approximate surface area is 310 Å². The number of carbonyl (C=O) groups excluding carboxylic acids is 2. The van der Waals surface area contributed by atoms with Gasteiger partial charge in [0.15, 0.2) is 0 Å². The topological polar surface area (TPSA) is 72.8 Å². The summed E-state index contributed by atoms with van der Waals surface area (Å²) < 4.78 is 10.2. The van der Waals surface area contributed by atoms with E-state index in [1.54, 1.807) is 0 Å². The molecule has 0 unspecified atom stereocenters. The Morgan fingerprint density at radius 2 is 0.674 bits per heavy atom. The van der Waals surface area contributed by atoms with Gasteiger partial charge in [-0.1, -0.05) is 206 Å². The molecule has 1 N–H and O–H groups in total. The molecular weight excluding hydrogens is 583 g/mol. The zero-order chi connectivity index (χ0) is 32.9. The first-order chi connectivity index (χ1) is 22.1. The van der Waals surface area contributed by atoms with Crippen LogP contribution in [0.15, 0.2) is 11.8 Å². The van der Waals surface area contributed by atoms with Gasteiger partial charge >= 0.3 is 41.5 Å². The van der Waals surface area contributed by atoms with Crippen LogP contribution in [0.2, 0.25) is 0 Å². The van der Waals surface area contributed by atoms with E-state index < -0.39 is 17.7 Å². The summed E-state index contributed by atoms with van der Waals surface area (Å²) in [5.74, 6) is -2.22. The van der Waals surface area contributed by atoms with Gasteiger partial charge < -0.3 is 16.0 Å². The summed E-state index contributed by atoms with van der Waals surface area (Å²) in [4.78, 5) is 23.8. The Morgan fingerprint density at radius 1 is 0.435 bits per heavy atom. The SMILES string of the molecule is CCCCCCCCCCCCCCCCCCOC(=O)/C=C(\O)C(=O)OCCCCCCCCCCCCCCCCCC.[H-].[Na+]. The molecule has 0 bridgehead atoms. The van der Waals surface area contributed by atoms with Crippen LogP contribution >= 0.6 is 0 Å². The Hall–Kier alpha value is -0.520. The van der Waals surface area contributed by atoms with Gasteiger partial charge in [0, 0.05) is 0 Å². The summed E-state index contributed by atoms with van der Waals surface area (Å²) in [7, 11) is 0. The molecular formula is C40H77NaO5. The number of esters is 2. The van der Waals surface area contributed by atoms with Gasteiger partial charge in [0.25, 0.3) is 0 Å². The molecule has 0 saturated carbocycles. The smallest absolute Gasteiger partial charge is 1.00 e. The van der Waals surface area contributed by atoms with Crippen LogP contribution in [0.3, 0.4) is 0 Å². The minimum atomic E-state index is -0.852. The third-order valence-corrected chi connectivity index (χ3v) is 8.94. The van der Waals surface area contributed by atoms with E-state index in [0.717, 1.165) is 44.6 Å². The van der Waals surface area contributed by atoms with Gasteiger partial charge in [0.05, 0.1) is 19.3 Å². The Balaban J connectivity index is -0.00000968. The molecule has 0 saturated heterocycles. The Morgan fingerprint density at radius 3 is 0.957 bits per heavy atom. The van der Waals surface area contributed by atoms with Crippen molar-refractivity contribution in [1.29, 1.82) is 0 Å². The number of rotatable bonds is 36. The molecule has 0 aromatic heterocycles. The van der Waals surface area contributed by atoms with Crippen molar-refractivity contribution in [1.82, 2.24) is 0 Å². The first-order valence-electron chi connectivity index (χ1n) is 19.9. The third-order valence-electron chi connectivity index (χ3n) is 8.94. The number of unbranched alkanes of at least 4 members (excludes halogenated alkanes) is 30. The average molecular weight is 661 g/mol. The molecule has 0 spiro atoms. The molecule has 0 radical (unpaired) electrons. The minimum absolute atomic E-state index is 0. The zero-order valence-corrected chi connectivity index (χ0v) is 33.2. The largest absolute Gasteiger partial charge is 1.00 e. The predicted octanol–water partition coefficient (Wildman–Crippen LogP) is 10.2. The van der Waals surface area contributed by atoms with Crippen LogP contribution in [-0.4, -0.2) is 30.3 Å². The van der Waals surface area contributed by atoms with Crippen LogP contribution in [0.4, 0.5) is 0 Å². The average Bonchev–Trinajstić information content (AvgIpc) is 3.03. The van der Waals surface area contributed by atoms with Crippen LogP contribution < -0.4 is 29.6 Å².